The van der Waals surface area contributed by atoms with Gasteiger partial charge in [0.05, 0.1) is 12.5 Å². The van der Waals surface area contributed by atoms with Gasteiger partial charge in [-0.25, -0.2) is 0 Å². The van der Waals surface area contributed by atoms with Gasteiger partial charge in [0.15, 0.2) is 17.3 Å². The van der Waals surface area contributed by atoms with E-state index in [1.54, 1.807) is 31.3 Å². The number of nitrogens with zero attached hydrogens (tertiary/aromatic N) is 1. The number of aryl methyl sites for hydroxylation is 1. The number of hydrogen-bond acceptors (Lipinski definition) is 6. The minimum atomic E-state index is -0.453. The summed E-state index contributed by atoms with van der Waals surface area (Å²) in [6.45, 7) is 2.03. The molecule has 0 bridgehead atoms. The summed E-state index contributed by atoms with van der Waals surface area (Å²) >= 11 is 1.37. The minimum Gasteiger partial charge on any atom is -0.504 e. The molecular weight excluding hydrogens is 362 g/mol. The topological polar surface area (TPSA) is 75.9 Å². The Hall–Kier alpha value is -2.99. The van der Waals surface area contributed by atoms with Crippen LogP contribution in [0.5, 0.6) is 0 Å². The Labute approximate surface area is 161 Å². The number of carbonyl (C=O) groups is 1. The molecule has 0 aliphatic carbocycles. The highest BCUT2D eigenvalue weighted by Gasteiger charge is 2.26. The third-order valence-corrected chi connectivity index (χ3v) is 5.01. The molecule has 0 radical (unpaired) electrons. The number of aliphatic hydroxyl groups is 1. The average Bonchev–Trinajstić information content (AvgIpc) is 3.39. The highest BCUT2D eigenvalue weighted by atomic mass is 32.2. The molecule has 6 heteroatoms. The standard InChI is InChI=1S/C21H19NO4S/c1-14-7-9-15(10-8-14)13-27-21(22-2)18(19(23)16-5-3-11-25-16)20(24)17-6-4-12-26-17/h3-12,23H,13H2,1-2H3/b19-18-,22-21?. The first-order valence-corrected chi connectivity index (χ1v) is 9.29. The summed E-state index contributed by atoms with van der Waals surface area (Å²) in [6.07, 6.45) is 2.85. The summed E-state index contributed by atoms with van der Waals surface area (Å²) in [5, 5.41) is 11.1. The van der Waals surface area contributed by atoms with Crippen LogP contribution in [0.15, 0.2) is 80.5 Å². The molecule has 0 fully saturated rings. The van der Waals surface area contributed by atoms with Gasteiger partial charge in [-0.1, -0.05) is 29.8 Å². The van der Waals surface area contributed by atoms with Gasteiger partial charge in [-0.05, 0) is 36.8 Å². The molecular formula is C21H19NO4S. The first-order chi connectivity index (χ1) is 13.1. The van der Waals surface area contributed by atoms with Crippen molar-refractivity contribution in [2.24, 2.45) is 4.99 Å². The van der Waals surface area contributed by atoms with Crippen LogP contribution in [0.25, 0.3) is 5.76 Å². The van der Waals surface area contributed by atoms with Crippen molar-refractivity contribution in [2.75, 3.05) is 7.05 Å². The lowest BCUT2D eigenvalue weighted by atomic mass is 10.1. The van der Waals surface area contributed by atoms with Crippen LogP contribution in [0.2, 0.25) is 0 Å². The number of furan rings is 2. The second-order valence-corrected chi connectivity index (χ2v) is 6.77. The number of hydrogen-bond donors (Lipinski definition) is 1. The van der Waals surface area contributed by atoms with Crippen molar-refractivity contribution in [3.63, 3.8) is 0 Å². The van der Waals surface area contributed by atoms with E-state index in [9.17, 15) is 9.90 Å². The normalized spacial score (nSPS) is 12.7. The van der Waals surface area contributed by atoms with Crippen LogP contribution in [0, 0.1) is 6.92 Å². The van der Waals surface area contributed by atoms with Crippen LogP contribution in [0.1, 0.15) is 27.4 Å². The summed E-state index contributed by atoms with van der Waals surface area (Å²) in [6, 6.07) is 14.5. The van der Waals surface area contributed by atoms with Gasteiger partial charge in [-0.15, -0.1) is 11.8 Å². The number of ketones is 1. The Morgan fingerprint density at radius 2 is 1.67 bits per heavy atom. The van der Waals surface area contributed by atoms with Gasteiger partial charge in [0.25, 0.3) is 0 Å². The van der Waals surface area contributed by atoms with Crippen molar-refractivity contribution in [3.8, 4) is 0 Å². The number of thioether (sulfide) groups is 1. The molecule has 0 aliphatic rings. The Kier molecular flexibility index (Phi) is 5.98. The number of rotatable bonds is 6. The molecule has 0 unspecified atom stereocenters. The molecule has 1 aromatic carbocycles. The molecule has 0 aliphatic heterocycles. The van der Waals surface area contributed by atoms with E-state index in [1.165, 1.54) is 29.9 Å². The zero-order valence-corrected chi connectivity index (χ0v) is 15.8. The first kappa shape index (κ1) is 18.8. The van der Waals surface area contributed by atoms with E-state index in [0.717, 1.165) is 5.56 Å². The van der Waals surface area contributed by atoms with Gasteiger partial charge in [0.1, 0.15) is 10.6 Å². The maximum atomic E-state index is 13.0. The van der Waals surface area contributed by atoms with Gasteiger partial charge in [-0.3, -0.25) is 9.79 Å². The van der Waals surface area contributed by atoms with Crippen molar-refractivity contribution in [1.82, 2.24) is 0 Å². The lowest BCUT2D eigenvalue weighted by molar-refractivity contribution is 0.101. The summed E-state index contributed by atoms with van der Waals surface area (Å²) in [4.78, 5) is 17.2. The van der Waals surface area contributed by atoms with Crippen LogP contribution in [-0.4, -0.2) is 23.0 Å². The second-order valence-electron chi connectivity index (χ2n) is 5.81. The molecule has 0 saturated carbocycles. The molecule has 2 heterocycles. The van der Waals surface area contributed by atoms with Crippen molar-refractivity contribution < 1.29 is 18.7 Å². The Bertz CT molecular complexity index is 952. The largest absolute Gasteiger partial charge is 0.504 e. The summed E-state index contributed by atoms with van der Waals surface area (Å²) < 4.78 is 10.5. The second kappa shape index (κ2) is 8.60. The van der Waals surface area contributed by atoms with Crippen molar-refractivity contribution in [3.05, 3.63) is 89.3 Å². The number of benzene rings is 1. The van der Waals surface area contributed by atoms with E-state index >= 15 is 0 Å². The zero-order valence-electron chi connectivity index (χ0n) is 15.0. The molecule has 5 nitrogen and oxygen atoms in total. The zero-order chi connectivity index (χ0) is 19.2. The monoisotopic (exact) mass is 381 g/mol. The molecule has 3 rings (SSSR count). The molecule has 0 spiro atoms. The molecule has 0 amide bonds. The summed E-state index contributed by atoms with van der Waals surface area (Å²) in [5.41, 5.74) is 2.32. The fourth-order valence-electron chi connectivity index (χ4n) is 2.46. The SMILES string of the molecule is CN=C(SCc1ccc(C)cc1)/C(C(=O)c1ccco1)=C(\O)c1ccco1. The van der Waals surface area contributed by atoms with E-state index in [4.69, 9.17) is 8.83 Å². The van der Waals surface area contributed by atoms with Gasteiger partial charge < -0.3 is 13.9 Å². The fourth-order valence-corrected chi connectivity index (χ4v) is 3.42. The molecule has 138 valence electrons. The van der Waals surface area contributed by atoms with Gasteiger partial charge in [0, 0.05) is 12.8 Å². The predicted molar refractivity (Wildman–Crippen MR) is 107 cm³/mol. The highest BCUT2D eigenvalue weighted by Crippen LogP contribution is 2.27. The van der Waals surface area contributed by atoms with Gasteiger partial charge in [-0.2, -0.15) is 0 Å². The number of aliphatic hydroxyl groups excluding tert-OH is 1. The predicted octanol–water partition coefficient (Wildman–Crippen LogP) is 5.29. The van der Waals surface area contributed by atoms with Crippen LogP contribution in [-0.2, 0) is 5.75 Å². The number of Topliss-reactive ketones (excluding diaryl/α,β-unsaturated/α-hetero) is 1. The average molecular weight is 381 g/mol. The maximum absolute atomic E-state index is 13.0. The summed E-state index contributed by atoms with van der Waals surface area (Å²) in [7, 11) is 1.59. The third kappa shape index (κ3) is 4.41. The lowest BCUT2D eigenvalue weighted by Gasteiger charge is -2.11. The van der Waals surface area contributed by atoms with E-state index in [0.29, 0.717) is 10.8 Å². The Morgan fingerprint density at radius 3 is 2.22 bits per heavy atom. The summed E-state index contributed by atoms with van der Waals surface area (Å²) in [5.74, 6) is 0.208. The molecule has 2 aromatic heterocycles. The van der Waals surface area contributed by atoms with E-state index in [1.807, 2.05) is 31.2 Å². The van der Waals surface area contributed by atoms with Crippen molar-refractivity contribution in [1.29, 1.82) is 0 Å². The molecule has 27 heavy (non-hydrogen) atoms. The lowest BCUT2D eigenvalue weighted by Crippen LogP contribution is -2.13. The molecule has 3 aromatic rings. The van der Waals surface area contributed by atoms with Crippen LogP contribution >= 0.6 is 11.8 Å². The number of carbonyl (C=O) groups excluding carboxylic acids is 1. The van der Waals surface area contributed by atoms with Crippen LogP contribution < -0.4 is 0 Å². The van der Waals surface area contributed by atoms with Crippen LogP contribution in [0.4, 0.5) is 0 Å². The van der Waals surface area contributed by atoms with E-state index < -0.39 is 5.78 Å². The van der Waals surface area contributed by atoms with Crippen LogP contribution in [0.3, 0.4) is 0 Å². The maximum Gasteiger partial charge on any atom is 0.234 e. The third-order valence-electron chi connectivity index (χ3n) is 3.88. The minimum absolute atomic E-state index is 0.0551. The Morgan fingerprint density at radius 1 is 1.04 bits per heavy atom. The highest BCUT2D eigenvalue weighted by molar-refractivity contribution is 8.13. The number of aliphatic imine (C=N–C) groups is 1. The smallest absolute Gasteiger partial charge is 0.234 e. The first-order valence-electron chi connectivity index (χ1n) is 8.31. The molecule has 1 N–H and O–H groups in total. The van der Waals surface area contributed by atoms with Gasteiger partial charge in [0.2, 0.25) is 5.78 Å². The van der Waals surface area contributed by atoms with E-state index in [2.05, 4.69) is 4.99 Å². The Balaban J connectivity index is 1.94. The van der Waals surface area contributed by atoms with Crippen molar-refractivity contribution >= 4 is 28.3 Å². The van der Waals surface area contributed by atoms with E-state index in [-0.39, 0.29) is 22.9 Å². The van der Waals surface area contributed by atoms with Gasteiger partial charge >= 0.3 is 0 Å². The molecule has 0 atom stereocenters. The molecule has 0 saturated heterocycles. The van der Waals surface area contributed by atoms with Crippen molar-refractivity contribution in [2.45, 2.75) is 12.7 Å². The fraction of sp³-hybridized carbons (Fsp3) is 0.143. The quantitative estimate of drug-likeness (QED) is 0.206.